The molecule has 3 nitrogen and oxygen atoms in total. The molecule has 0 radical (unpaired) electrons. The predicted molar refractivity (Wildman–Crippen MR) is 77.1 cm³/mol. The van der Waals surface area contributed by atoms with Crippen molar-refractivity contribution >= 4 is 11.6 Å². The van der Waals surface area contributed by atoms with E-state index in [0.29, 0.717) is 0 Å². The summed E-state index contributed by atoms with van der Waals surface area (Å²) < 4.78 is 38.0. The highest BCUT2D eigenvalue weighted by Gasteiger charge is 2.31. The van der Waals surface area contributed by atoms with Gasteiger partial charge >= 0.3 is 6.18 Å². The fraction of sp³-hybridized carbons (Fsp3) is 0.188. The SMILES string of the molecule is C[NH2+][C@H](C(=O)Nc1cccc(C(F)(F)F)c1)c1ccccc1. The summed E-state index contributed by atoms with van der Waals surface area (Å²) in [7, 11) is 1.74. The summed E-state index contributed by atoms with van der Waals surface area (Å²) in [4.78, 5) is 12.3. The number of hydrogen-bond acceptors (Lipinski definition) is 1. The quantitative estimate of drug-likeness (QED) is 0.896. The lowest BCUT2D eigenvalue weighted by Crippen LogP contribution is -2.83. The molecule has 0 aliphatic carbocycles. The Balaban J connectivity index is 2.18. The standard InChI is InChI=1S/C16H15F3N2O/c1-20-14(11-6-3-2-4-7-11)15(22)21-13-9-5-8-12(10-13)16(17,18)19/h2-10,14,20H,1H3,(H,21,22)/p+1/t14-/m0/s1. The number of carbonyl (C=O) groups is 1. The summed E-state index contributed by atoms with van der Waals surface area (Å²) in [6, 6.07) is 13.1. The van der Waals surface area contributed by atoms with Crippen LogP contribution < -0.4 is 10.6 Å². The molecular formula is C16H16F3N2O+. The molecule has 0 fully saturated rings. The highest BCUT2D eigenvalue weighted by molar-refractivity contribution is 5.94. The molecule has 2 aromatic carbocycles. The Kier molecular flexibility index (Phi) is 4.82. The van der Waals surface area contributed by atoms with E-state index in [9.17, 15) is 18.0 Å². The molecule has 0 heterocycles. The van der Waals surface area contributed by atoms with Crippen molar-refractivity contribution in [3.8, 4) is 0 Å². The van der Waals surface area contributed by atoms with E-state index in [4.69, 9.17) is 0 Å². The van der Waals surface area contributed by atoms with Gasteiger partial charge < -0.3 is 10.6 Å². The topological polar surface area (TPSA) is 45.7 Å². The first-order valence-corrected chi connectivity index (χ1v) is 6.74. The summed E-state index contributed by atoms with van der Waals surface area (Å²) in [5.74, 6) is -0.368. The van der Waals surface area contributed by atoms with Gasteiger partial charge in [0.25, 0.3) is 5.91 Å². The van der Waals surface area contributed by atoms with Crippen LogP contribution in [-0.4, -0.2) is 13.0 Å². The molecule has 2 aromatic rings. The zero-order valence-corrected chi connectivity index (χ0v) is 11.9. The van der Waals surface area contributed by atoms with Crippen molar-refractivity contribution in [3.05, 3.63) is 65.7 Å². The molecule has 0 spiro atoms. The Morgan fingerprint density at radius 1 is 1.09 bits per heavy atom. The third kappa shape index (κ3) is 3.85. The van der Waals surface area contributed by atoms with Crippen molar-refractivity contribution in [1.29, 1.82) is 0 Å². The Hall–Kier alpha value is -2.34. The van der Waals surface area contributed by atoms with Crippen LogP contribution in [0.4, 0.5) is 18.9 Å². The number of rotatable bonds is 4. The van der Waals surface area contributed by atoms with Crippen LogP contribution in [0.15, 0.2) is 54.6 Å². The van der Waals surface area contributed by atoms with Gasteiger partial charge in [-0.1, -0.05) is 36.4 Å². The van der Waals surface area contributed by atoms with Crippen molar-refractivity contribution in [1.82, 2.24) is 0 Å². The molecule has 0 saturated carbocycles. The third-order valence-electron chi connectivity index (χ3n) is 3.23. The third-order valence-corrected chi connectivity index (χ3v) is 3.23. The van der Waals surface area contributed by atoms with Crippen LogP contribution in [0.3, 0.4) is 0 Å². The van der Waals surface area contributed by atoms with Crippen molar-refractivity contribution in [3.63, 3.8) is 0 Å². The number of anilines is 1. The van der Waals surface area contributed by atoms with E-state index >= 15 is 0 Å². The van der Waals surface area contributed by atoms with Crippen molar-refractivity contribution < 1.29 is 23.3 Å². The molecule has 0 unspecified atom stereocenters. The molecule has 2 rings (SSSR count). The lowest BCUT2D eigenvalue weighted by atomic mass is 10.1. The average Bonchev–Trinajstić information content (AvgIpc) is 2.48. The number of nitrogens with two attached hydrogens (primary N) is 1. The van der Waals surface area contributed by atoms with Crippen molar-refractivity contribution in [2.45, 2.75) is 12.2 Å². The second-order valence-corrected chi connectivity index (χ2v) is 4.79. The second kappa shape index (κ2) is 6.62. The molecule has 0 saturated heterocycles. The van der Waals surface area contributed by atoms with E-state index in [1.54, 1.807) is 24.5 Å². The molecule has 1 atom stereocenters. The minimum atomic E-state index is -4.43. The van der Waals surface area contributed by atoms with Gasteiger partial charge in [-0.2, -0.15) is 13.2 Å². The number of benzene rings is 2. The van der Waals surface area contributed by atoms with Gasteiger partial charge in [-0.15, -0.1) is 0 Å². The van der Waals surface area contributed by atoms with E-state index in [-0.39, 0.29) is 11.6 Å². The van der Waals surface area contributed by atoms with E-state index in [1.807, 2.05) is 18.2 Å². The summed E-state index contributed by atoms with van der Waals surface area (Å²) in [6.07, 6.45) is -4.43. The van der Waals surface area contributed by atoms with Crippen LogP contribution in [0.1, 0.15) is 17.2 Å². The van der Waals surface area contributed by atoms with E-state index in [2.05, 4.69) is 5.32 Å². The number of quaternary nitrogens is 1. The largest absolute Gasteiger partial charge is 0.416 e. The van der Waals surface area contributed by atoms with Crippen LogP contribution in [-0.2, 0) is 11.0 Å². The molecule has 6 heteroatoms. The smallest absolute Gasteiger partial charge is 0.335 e. The summed E-state index contributed by atoms with van der Waals surface area (Å²) in [5.41, 5.74) is 0.124. The Labute approximate surface area is 126 Å². The van der Waals surface area contributed by atoms with Crippen LogP contribution in [0.5, 0.6) is 0 Å². The second-order valence-electron chi connectivity index (χ2n) is 4.79. The maximum absolute atomic E-state index is 12.7. The van der Waals surface area contributed by atoms with Crippen LogP contribution in [0.2, 0.25) is 0 Å². The van der Waals surface area contributed by atoms with E-state index < -0.39 is 17.8 Å². The molecule has 0 bridgehead atoms. The van der Waals surface area contributed by atoms with Crippen molar-refractivity contribution in [2.24, 2.45) is 0 Å². The van der Waals surface area contributed by atoms with Crippen molar-refractivity contribution in [2.75, 3.05) is 12.4 Å². The molecule has 116 valence electrons. The first-order chi connectivity index (χ1) is 10.4. The monoisotopic (exact) mass is 309 g/mol. The zero-order chi connectivity index (χ0) is 16.2. The molecular weight excluding hydrogens is 293 g/mol. The molecule has 0 aliphatic rings. The summed E-state index contributed by atoms with van der Waals surface area (Å²) >= 11 is 0. The average molecular weight is 309 g/mol. The van der Waals surface area contributed by atoms with Crippen LogP contribution in [0, 0.1) is 0 Å². The Bertz CT molecular complexity index is 641. The highest BCUT2D eigenvalue weighted by Crippen LogP contribution is 2.30. The van der Waals surface area contributed by atoms with Crippen LogP contribution >= 0.6 is 0 Å². The maximum Gasteiger partial charge on any atom is 0.416 e. The van der Waals surface area contributed by atoms with Gasteiger partial charge in [0, 0.05) is 11.3 Å². The minimum absolute atomic E-state index is 0.127. The lowest BCUT2D eigenvalue weighted by molar-refractivity contribution is -0.656. The fourth-order valence-corrected chi connectivity index (χ4v) is 2.15. The predicted octanol–water partition coefficient (Wildman–Crippen LogP) is 2.58. The highest BCUT2D eigenvalue weighted by atomic mass is 19.4. The maximum atomic E-state index is 12.7. The van der Waals surface area contributed by atoms with E-state index in [0.717, 1.165) is 17.7 Å². The lowest BCUT2D eigenvalue weighted by Gasteiger charge is -2.14. The molecule has 0 aromatic heterocycles. The number of alkyl halides is 3. The molecule has 0 aliphatic heterocycles. The number of likely N-dealkylation sites (N-methyl/N-ethyl adjacent to an activating group) is 1. The fourth-order valence-electron chi connectivity index (χ4n) is 2.15. The normalized spacial score (nSPS) is 12.7. The zero-order valence-electron chi connectivity index (χ0n) is 11.9. The number of amides is 1. The molecule has 3 N–H and O–H groups in total. The Morgan fingerprint density at radius 3 is 2.36 bits per heavy atom. The van der Waals surface area contributed by atoms with Gasteiger partial charge in [-0.3, -0.25) is 4.79 Å². The summed E-state index contributed by atoms with van der Waals surface area (Å²) in [5, 5.41) is 4.24. The first kappa shape index (κ1) is 16.0. The Morgan fingerprint density at radius 2 is 1.77 bits per heavy atom. The van der Waals surface area contributed by atoms with Gasteiger partial charge in [0.05, 0.1) is 12.6 Å². The number of hydrogen-bond donors (Lipinski definition) is 2. The number of halogens is 3. The van der Waals surface area contributed by atoms with Gasteiger partial charge in [-0.05, 0) is 18.2 Å². The first-order valence-electron chi connectivity index (χ1n) is 6.74. The molecule has 22 heavy (non-hydrogen) atoms. The van der Waals surface area contributed by atoms with Gasteiger partial charge in [-0.25, -0.2) is 0 Å². The van der Waals surface area contributed by atoms with Gasteiger partial charge in [0.1, 0.15) is 0 Å². The van der Waals surface area contributed by atoms with Gasteiger partial charge in [0.15, 0.2) is 6.04 Å². The summed E-state index contributed by atoms with van der Waals surface area (Å²) in [6.45, 7) is 0. The van der Waals surface area contributed by atoms with Gasteiger partial charge in [0.2, 0.25) is 0 Å². The minimum Gasteiger partial charge on any atom is -0.335 e. The molecule has 1 amide bonds. The van der Waals surface area contributed by atoms with Crippen LogP contribution in [0.25, 0.3) is 0 Å². The van der Waals surface area contributed by atoms with E-state index in [1.165, 1.54) is 12.1 Å². The number of nitrogens with one attached hydrogen (secondary N) is 1. The number of carbonyl (C=O) groups excluding carboxylic acids is 1.